The lowest BCUT2D eigenvalue weighted by Gasteiger charge is -2.43. The van der Waals surface area contributed by atoms with Crippen molar-refractivity contribution in [2.45, 2.75) is 109 Å². The van der Waals surface area contributed by atoms with Crippen LogP contribution in [0.25, 0.3) is 0 Å². The van der Waals surface area contributed by atoms with E-state index >= 15 is 0 Å². The Labute approximate surface area is 208 Å². The first-order valence-electron chi connectivity index (χ1n) is 14.0. The predicted molar refractivity (Wildman–Crippen MR) is 141 cm³/mol. The number of hydrogen-bond donors (Lipinski definition) is 0. The molecular weight excluding hydrogens is 420 g/mol. The Kier molecular flexibility index (Phi) is 11.4. The highest BCUT2D eigenvalue weighted by Gasteiger charge is 2.40. The third kappa shape index (κ3) is 8.12. The number of carbonyl (C=O) groups is 1. The maximum Gasteiger partial charge on any atom is 0.343 e. The Morgan fingerprint density at radius 1 is 0.912 bits per heavy atom. The van der Waals surface area contributed by atoms with Gasteiger partial charge in [-0.3, -0.25) is 0 Å². The first-order valence-corrected chi connectivity index (χ1v) is 14.0. The second-order valence-electron chi connectivity index (χ2n) is 10.3. The second-order valence-corrected chi connectivity index (χ2v) is 10.3. The summed E-state index contributed by atoms with van der Waals surface area (Å²) in [6, 6.07) is 9.31. The SMILES string of the molecule is CCCCCCCOC1(C2CCC(CCCCC)CC2)C=CC(C(=O)Oc2ccccc2)=CC1. The average Bonchev–Trinajstić information content (AvgIpc) is 2.87. The van der Waals surface area contributed by atoms with E-state index < -0.39 is 0 Å². The number of benzene rings is 1. The summed E-state index contributed by atoms with van der Waals surface area (Å²) in [7, 11) is 0. The van der Waals surface area contributed by atoms with Crippen molar-refractivity contribution in [3.05, 3.63) is 54.1 Å². The van der Waals surface area contributed by atoms with Crippen molar-refractivity contribution in [2.75, 3.05) is 6.61 Å². The zero-order valence-corrected chi connectivity index (χ0v) is 21.6. The maximum atomic E-state index is 12.7. The number of ether oxygens (including phenoxy) is 2. The number of hydrogen-bond acceptors (Lipinski definition) is 3. The van der Waals surface area contributed by atoms with Crippen molar-refractivity contribution in [2.24, 2.45) is 11.8 Å². The summed E-state index contributed by atoms with van der Waals surface area (Å²) >= 11 is 0. The minimum Gasteiger partial charge on any atom is -0.423 e. The van der Waals surface area contributed by atoms with E-state index in [1.54, 1.807) is 0 Å². The van der Waals surface area contributed by atoms with Gasteiger partial charge in [0.15, 0.2) is 0 Å². The first-order chi connectivity index (χ1) is 16.7. The molecule has 0 bridgehead atoms. The molecule has 2 aliphatic carbocycles. The average molecular weight is 467 g/mol. The van der Waals surface area contributed by atoms with Crippen LogP contribution in [0.3, 0.4) is 0 Å². The van der Waals surface area contributed by atoms with Crippen molar-refractivity contribution < 1.29 is 14.3 Å². The predicted octanol–water partition coefficient (Wildman–Crippen LogP) is 8.59. The van der Waals surface area contributed by atoms with E-state index in [4.69, 9.17) is 9.47 Å². The molecule has 2 aliphatic rings. The zero-order chi connectivity index (χ0) is 24.1. The van der Waals surface area contributed by atoms with Gasteiger partial charge in [-0.15, -0.1) is 0 Å². The van der Waals surface area contributed by atoms with E-state index in [1.807, 2.05) is 36.4 Å². The number of rotatable bonds is 14. The van der Waals surface area contributed by atoms with Gasteiger partial charge in [0.05, 0.1) is 11.2 Å². The monoisotopic (exact) mass is 466 g/mol. The molecule has 1 atom stereocenters. The molecule has 0 radical (unpaired) electrons. The van der Waals surface area contributed by atoms with Crippen molar-refractivity contribution in [1.82, 2.24) is 0 Å². The van der Waals surface area contributed by atoms with E-state index in [0.717, 1.165) is 25.4 Å². The normalized spacial score (nSPS) is 24.6. The molecule has 0 amide bonds. The highest BCUT2D eigenvalue weighted by Crippen LogP contribution is 2.43. The summed E-state index contributed by atoms with van der Waals surface area (Å²) in [6.07, 6.45) is 23.7. The van der Waals surface area contributed by atoms with Gasteiger partial charge in [0, 0.05) is 6.61 Å². The first kappa shape index (κ1) is 26.7. The molecule has 0 heterocycles. The quantitative estimate of drug-likeness (QED) is 0.156. The number of para-hydroxylation sites is 1. The molecule has 3 heteroatoms. The fraction of sp³-hybridized carbons (Fsp3) is 0.645. The van der Waals surface area contributed by atoms with Crippen LogP contribution in [0.4, 0.5) is 0 Å². The molecule has 1 aromatic rings. The van der Waals surface area contributed by atoms with Crippen molar-refractivity contribution in [3.8, 4) is 5.75 Å². The van der Waals surface area contributed by atoms with Crippen LogP contribution < -0.4 is 4.74 Å². The third-order valence-electron chi connectivity index (χ3n) is 7.75. The largest absolute Gasteiger partial charge is 0.423 e. The van der Waals surface area contributed by atoms with E-state index in [2.05, 4.69) is 26.0 Å². The lowest BCUT2D eigenvalue weighted by atomic mass is 9.69. The van der Waals surface area contributed by atoms with Gasteiger partial charge in [-0.05, 0) is 55.7 Å². The molecule has 0 N–H and O–H groups in total. The van der Waals surface area contributed by atoms with Crippen molar-refractivity contribution in [1.29, 1.82) is 0 Å². The Balaban J connectivity index is 1.59. The maximum absolute atomic E-state index is 12.7. The molecule has 0 aliphatic heterocycles. The molecule has 0 aromatic heterocycles. The van der Waals surface area contributed by atoms with E-state index in [1.165, 1.54) is 77.0 Å². The second kappa shape index (κ2) is 14.5. The van der Waals surface area contributed by atoms with Gasteiger partial charge in [0.25, 0.3) is 0 Å². The minimum absolute atomic E-state index is 0.268. The Morgan fingerprint density at radius 3 is 2.29 bits per heavy atom. The van der Waals surface area contributed by atoms with Gasteiger partial charge in [0.1, 0.15) is 5.75 Å². The van der Waals surface area contributed by atoms with Crippen molar-refractivity contribution >= 4 is 5.97 Å². The lowest BCUT2D eigenvalue weighted by molar-refractivity contribution is -0.129. The molecule has 34 heavy (non-hydrogen) atoms. The summed E-state index contributed by atoms with van der Waals surface area (Å²) in [5.41, 5.74) is 0.370. The fourth-order valence-corrected chi connectivity index (χ4v) is 5.56. The summed E-state index contributed by atoms with van der Waals surface area (Å²) in [4.78, 5) is 12.7. The highest BCUT2D eigenvalue weighted by molar-refractivity contribution is 5.93. The van der Waals surface area contributed by atoms with Crippen LogP contribution in [0, 0.1) is 11.8 Å². The van der Waals surface area contributed by atoms with Crippen LogP contribution in [-0.2, 0) is 9.53 Å². The van der Waals surface area contributed by atoms with E-state index in [0.29, 0.717) is 17.2 Å². The minimum atomic E-state index is -0.282. The van der Waals surface area contributed by atoms with Gasteiger partial charge in [-0.2, -0.15) is 0 Å². The molecule has 3 nitrogen and oxygen atoms in total. The molecule has 188 valence electrons. The van der Waals surface area contributed by atoms with Gasteiger partial charge in [0.2, 0.25) is 0 Å². The number of esters is 1. The van der Waals surface area contributed by atoms with E-state index in [9.17, 15) is 4.79 Å². The summed E-state index contributed by atoms with van der Waals surface area (Å²) in [6.45, 7) is 5.35. The molecular formula is C31H46O3. The smallest absolute Gasteiger partial charge is 0.343 e. The van der Waals surface area contributed by atoms with Crippen molar-refractivity contribution in [3.63, 3.8) is 0 Å². The van der Waals surface area contributed by atoms with E-state index in [-0.39, 0.29) is 11.6 Å². The van der Waals surface area contributed by atoms with Gasteiger partial charge in [-0.1, -0.05) is 108 Å². The molecule has 1 saturated carbocycles. The standard InChI is InChI=1S/C31H46O3/c1-3-5-7-8-13-25-33-31(28-19-17-26(18-20-28)14-10-6-4-2)23-21-27(22-24-31)30(32)34-29-15-11-9-12-16-29/h9,11-12,15-16,21-23,26,28H,3-8,10,13-14,17-20,24-25H2,1-2H3. The van der Waals surface area contributed by atoms with Gasteiger partial charge < -0.3 is 9.47 Å². The Hall–Kier alpha value is -1.87. The number of carbonyl (C=O) groups excluding carboxylic acids is 1. The molecule has 1 unspecified atom stereocenters. The molecule has 1 aromatic carbocycles. The highest BCUT2D eigenvalue weighted by atomic mass is 16.5. The van der Waals surface area contributed by atoms with Crippen LogP contribution in [0.15, 0.2) is 54.1 Å². The molecule has 0 saturated heterocycles. The van der Waals surface area contributed by atoms with Crippen LogP contribution >= 0.6 is 0 Å². The molecule has 3 rings (SSSR count). The summed E-state index contributed by atoms with van der Waals surface area (Å²) in [5.74, 6) is 1.72. The lowest BCUT2D eigenvalue weighted by Crippen LogP contribution is -2.42. The summed E-state index contributed by atoms with van der Waals surface area (Å²) < 4.78 is 12.3. The Bertz CT molecular complexity index is 773. The van der Waals surface area contributed by atoms with Crippen LogP contribution in [0.5, 0.6) is 5.75 Å². The third-order valence-corrected chi connectivity index (χ3v) is 7.75. The van der Waals surface area contributed by atoms with Crippen LogP contribution in [0.2, 0.25) is 0 Å². The molecule has 1 fully saturated rings. The van der Waals surface area contributed by atoms with Gasteiger partial charge >= 0.3 is 5.97 Å². The Morgan fingerprint density at radius 2 is 1.62 bits per heavy atom. The topological polar surface area (TPSA) is 35.5 Å². The van der Waals surface area contributed by atoms with Crippen LogP contribution in [-0.4, -0.2) is 18.2 Å². The molecule has 0 spiro atoms. The van der Waals surface area contributed by atoms with Crippen LogP contribution in [0.1, 0.15) is 104 Å². The zero-order valence-electron chi connectivity index (χ0n) is 21.6. The fourth-order valence-electron chi connectivity index (χ4n) is 5.56. The number of unbranched alkanes of at least 4 members (excludes halogenated alkanes) is 6. The van der Waals surface area contributed by atoms with Gasteiger partial charge in [-0.25, -0.2) is 4.79 Å². The summed E-state index contributed by atoms with van der Waals surface area (Å²) in [5, 5.41) is 0.